The summed E-state index contributed by atoms with van der Waals surface area (Å²) >= 11 is 1.80. The van der Waals surface area contributed by atoms with Crippen LogP contribution in [0.3, 0.4) is 0 Å². The van der Waals surface area contributed by atoms with Crippen LogP contribution in [0, 0.1) is 5.92 Å². The van der Waals surface area contributed by atoms with Crippen LogP contribution in [0.5, 0.6) is 11.5 Å². The lowest BCUT2D eigenvalue weighted by atomic mass is 9.92. The fraction of sp³-hybridized carbons (Fsp3) is 0.450. The van der Waals surface area contributed by atoms with Crippen molar-refractivity contribution in [3.8, 4) is 11.5 Å². The van der Waals surface area contributed by atoms with Crippen LogP contribution in [-0.4, -0.2) is 49.7 Å². The third-order valence-electron chi connectivity index (χ3n) is 5.24. The summed E-state index contributed by atoms with van der Waals surface area (Å²) in [5.74, 6) is 2.12. The molecule has 1 aromatic carbocycles. The minimum absolute atomic E-state index is 0.182. The second-order valence-electron chi connectivity index (χ2n) is 7.02. The Hall–Kier alpha value is -2.21. The van der Waals surface area contributed by atoms with Gasteiger partial charge >= 0.3 is 6.03 Å². The fourth-order valence-electron chi connectivity index (χ4n) is 3.78. The smallest absolute Gasteiger partial charge is 0.320 e. The lowest BCUT2D eigenvalue weighted by Gasteiger charge is -2.43. The van der Waals surface area contributed by atoms with Gasteiger partial charge in [0.25, 0.3) is 0 Å². The first kappa shape index (κ1) is 17.2. The van der Waals surface area contributed by atoms with E-state index in [2.05, 4.69) is 23.6 Å². The minimum atomic E-state index is 0.182. The quantitative estimate of drug-likeness (QED) is 0.826. The van der Waals surface area contributed by atoms with E-state index >= 15 is 0 Å². The van der Waals surface area contributed by atoms with Crippen LogP contribution in [0.15, 0.2) is 29.6 Å². The predicted octanol–water partition coefficient (Wildman–Crippen LogP) is 3.42. The molecule has 0 aliphatic carbocycles. The number of likely N-dealkylation sites (tertiary alicyclic amines) is 1. The average molecular weight is 372 g/mol. The number of carbonyl (C=O) groups is 1. The molecule has 3 heterocycles. The summed E-state index contributed by atoms with van der Waals surface area (Å²) in [5.41, 5.74) is 2.51. The first-order valence-corrected chi connectivity index (χ1v) is 9.85. The highest BCUT2D eigenvalue weighted by atomic mass is 32.1. The molecule has 0 spiro atoms. The summed E-state index contributed by atoms with van der Waals surface area (Å²) in [7, 11) is 3.33. The largest absolute Gasteiger partial charge is 0.497 e. The highest BCUT2D eigenvalue weighted by Crippen LogP contribution is 2.29. The third kappa shape index (κ3) is 3.38. The van der Waals surface area contributed by atoms with Gasteiger partial charge in [-0.05, 0) is 53.5 Å². The van der Waals surface area contributed by atoms with Crippen LogP contribution in [0.1, 0.15) is 16.0 Å². The molecule has 0 bridgehead atoms. The van der Waals surface area contributed by atoms with Crippen molar-refractivity contribution >= 4 is 17.4 Å². The average Bonchev–Trinajstić information content (AvgIpc) is 3.11. The number of benzene rings is 1. The van der Waals surface area contributed by atoms with Crippen LogP contribution in [0.2, 0.25) is 0 Å². The SMILES string of the molecule is COc1cc(CC2CN(C(=O)N3CCc4sccc4C3)C2)cc(OC)c1. The summed E-state index contributed by atoms with van der Waals surface area (Å²) in [6, 6.07) is 8.32. The van der Waals surface area contributed by atoms with E-state index in [1.165, 1.54) is 16.0 Å². The van der Waals surface area contributed by atoms with E-state index in [4.69, 9.17) is 9.47 Å². The Labute approximate surface area is 158 Å². The molecule has 0 unspecified atom stereocenters. The molecular formula is C20H24N2O3S. The summed E-state index contributed by atoms with van der Waals surface area (Å²) in [4.78, 5) is 18.1. The number of rotatable bonds is 4. The van der Waals surface area contributed by atoms with Crippen molar-refractivity contribution in [2.24, 2.45) is 5.92 Å². The molecule has 26 heavy (non-hydrogen) atoms. The van der Waals surface area contributed by atoms with Gasteiger partial charge in [0.1, 0.15) is 11.5 Å². The molecule has 6 heteroatoms. The number of ether oxygens (including phenoxy) is 2. The molecule has 2 aliphatic heterocycles. The van der Waals surface area contributed by atoms with Crippen LogP contribution in [0.4, 0.5) is 4.79 Å². The van der Waals surface area contributed by atoms with Gasteiger partial charge in [-0.15, -0.1) is 11.3 Å². The number of carbonyl (C=O) groups excluding carboxylic acids is 1. The zero-order chi connectivity index (χ0) is 18.1. The molecule has 1 aromatic heterocycles. The van der Waals surface area contributed by atoms with Crippen molar-refractivity contribution in [1.29, 1.82) is 0 Å². The lowest BCUT2D eigenvalue weighted by Crippen LogP contribution is -2.56. The van der Waals surface area contributed by atoms with Crippen molar-refractivity contribution in [2.45, 2.75) is 19.4 Å². The van der Waals surface area contributed by atoms with E-state index in [1.807, 2.05) is 15.9 Å². The lowest BCUT2D eigenvalue weighted by molar-refractivity contribution is 0.0872. The molecule has 5 nitrogen and oxygen atoms in total. The number of amides is 2. The van der Waals surface area contributed by atoms with Crippen molar-refractivity contribution in [1.82, 2.24) is 9.80 Å². The van der Waals surface area contributed by atoms with Crippen molar-refractivity contribution in [3.05, 3.63) is 45.6 Å². The highest BCUT2D eigenvalue weighted by molar-refractivity contribution is 7.10. The highest BCUT2D eigenvalue weighted by Gasteiger charge is 2.34. The first-order valence-electron chi connectivity index (χ1n) is 8.97. The topological polar surface area (TPSA) is 42.0 Å². The molecule has 2 aromatic rings. The third-order valence-corrected chi connectivity index (χ3v) is 6.26. The van der Waals surface area contributed by atoms with Gasteiger partial charge in [-0.1, -0.05) is 0 Å². The fourth-order valence-corrected chi connectivity index (χ4v) is 4.67. The second kappa shape index (κ2) is 7.19. The van der Waals surface area contributed by atoms with Crippen LogP contribution < -0.4 is 9.47 Å². The molecule has 138 valence electrons. The van der Waals surface area contributed by atoms with Crippen molar-refractivity contribution < 1.29 is 14.3 Å². The van der Waals surface area contributed by atoms with Gasteiger partial charge in [-0.3, -0.25) is 0 Å². The Balaban J connectivity index is 1.32. The number of methoxy groups -OCH3 is 2. The summed E-state index contributed by atoms with van der Waals surface area (Å²) in [6.45, 7) is 3.24. The maximum atomic E-state index is 12.7. The number of hydrogen-bond acceptors (Lipinski definition) is 4. The number of fused-ring (bicyclic) bond motifs is 1. The van der Waals surface area contributed by atoms with Crippen LogP contribution in [0.25, 0.3) is 0 Å². The number of nitrogens with zero attached hydrogens (tertiary/aromatic N) is 2. The van der Waals surface area contributed by atoms with E-state index in [0.717, 1.165) is 50.5 Å². The Bertz CT molecular complexity index is 776. The summed E-state index contributed by atoms with van der Waals surface area (Å²) in [6.07, 6.45) is 1.92. The normalized spacial score (nSPS) is 16.8. The number of thiophene rings is 1. The van der Waals surface area contributed by atoms with E-state index < -0.39 is 0 Å². The maximum absolute atomic E-state index is 12.7. The molecule has 2 aliphatic rings. The molecule has 0 saturated carbocycles. The molecule has 0 atom stereocenters. The van der Waals surface area contributed by atoms with Gasteiger partial charge < -0.3 is 19.3 Å². The Morgan fingerprint density at radius 1 is 1.15 bits per heavy atom. The maximum Gasteiger partial charge on any atom is 0.320 e. The summed E-state index contributed by atoms with van der Waals surface area (Å²) < 4.78 is 10.7. The van der Waals surface area contributed by atoms with Gasteiger partial charge in [0.15, 0.2) is 0 Å². The molecule has 0 N–H and O–H groups in total. The van der Waals surface area contributed by atoms with Gasteiger partial charge in [0.2, 0.25) is 0 Å². The van der Waals surface area contributed by atoms with E-state index in [-0.39, 0.29) is 6.03 Å². The van der Waals surface area contributed by atoms with Gasteiger partial charge in [0.05, 0.1) is 14.2 Å². The Morgan fingerprint density at radius 3 is 2.58 bits per heavy atom. The molecule has 4 rings (SSSR count). The van der Waals surface area contributed by atoms with E-state index in [0.29, 0.717) is 5.92 Å². The molecule has 0 radical (unpaired) electrons. The minimum Gasteiger partial charge on any atom is -0.497 e. The Kier molecular flexibility index (Phi) is 4.76. The first-order chi connectivity index (χ1) is 12.7. The molecular weight excluding hydrogens is 348 g/mol. The van der Waals surface area contributed by atoms with Crippen LogP contribution >= 0.6 is 11.3 Å². The second-order valence-corrected chi connectivity index (χ2v) is 8.02. The predicted molar refractivity (Wildman–Crippen MR) is 102 cm³/mol. The van der Waals surface area contributed by atoms with Gasteiger partial charge in [-0.25, -0.2) is 4.79 Å². The van der Waals surface area contributed by atoms with Gasteiger partial charge in [-0.2, -0.15) is 0 Å². The summed E-state index contributed by atoms with van der Waals surface area (Å²) in [5, 5.41) is 2.13. The standard InChI is InChI=1S/C20H24N2O3S/c1-24-17-8-14(9-18(10-17)25-2)7-15-11-22(12-15)20(23)21-5-3-19-16(13-21)4-6-26-19/h4,6,8-10,15H,3,5,7,11-13H2,1-2H3. The zero-order valence-electron chi connectivity index (χ0n) is 15.2. The molecule has 1 saturated heterocycles. The van der Waals surface area contributed by atoms with E-state index in [9.17, 15) is 4.79 Å². The van der Waals surface area contributed by atoms with Crippen LogP contribution in [-0.2, 0) is 19.4 Å². The van der Waals surface area contributed by atoms with Crippen molar-refractivity contribution in [2.75, 3.05) is 33.9 Å². The number of urea groups is 1. The molecule has 2 amide bonds. The number of hydrogen-bond donors (Lipinski definition) is 0. The van der Waals surface area contributed by atoms with E-state index in [1.54, 1.807) is 25.6 Å². The monoisotopic (exact) mass is 372 g/mol. The zero-order valence-corrected chi connectivity index (χ0v) is 16.1. The van der Waals surface area contributed by atoms with Crippen molar-refractivity contribution in [3.63, 3.8) is 0 Å². The van der Waals surface area contributed by atoms with Gasteiger partial charge in [0, 0.05) is 37.1 Å². The molecule has 1 fully saturated rings. The Morgan fingerprint density at radius 2 is 1.88 bits per heavy atom.